The molecule has 2 rings (SSSR count). The van der Waals surface area contributed by atoms with E-state index in [0.29, 0.717) is 5.92 Å². The second-order valence-corrected chi connectivity index (χ2v) is 5.77. The van der Waals surface area contributed by atoms with Crippen molar-refractivity contribution in [3.63, 3.8) is 0 Å². The van der Waals surface area contributed by atoms with Gasteiger partial charge in [-0.1, -0.05) is 57.7 Å². The molecule has 19 heavy (non-hydrogen) atoms. The van der Waals surface area contributed by atoms with Crippen LogP contribution in [-0.2, 0) is 0 Å². The van der Waals surface area contributed by atoms with Crippen molar-refractivity contribution in [2.24, 2.45) is 11.7 Å². The largest absolute Gasteiger partial charge is 0.493 e. The molecule has 0 bridgehead atoms. The van der Waals surface area contributed by atoms with Crippen molar-refractivity contribution in [2.75, 3.05) is 6.61 Å². The highest BCUT2D eigenvalue weighted by Gasteiger charge is 2.30. The van der Waals surface area contributed by atoms with Gasteiger partial charge in [-0.2, -0.15) is 0 Å². The first-order valence-corrected chi connectivity index (χ1v) is 7.73. The van der Waals surface area contributed by atoms with Crippen LogP contribution in [0.4, 0.5) is 0 Å². The Morgan fingerprint density at radius 2 is 2.11 bits per heavy atom. The molecule has 1 heterocycles. The molecular weight excluding hydrogens is 234 g/mol. The lowest BCUT2D eigenvalue weighted by Gasteiger charge is -2.23. The summed E-state index contributed by atoms with van der Waals surface area (Å²) in [6.07, 6.45) is 6.28. The summed E-state index contributed by atoms with van der Waals surface area (Å²) in [5.74, 6) is 2.18. The molecule has 0 aliphatic carbocycles. The van der Waals surface area contributed by atoms with E-state index in [9.17, 15) is 0 Å². The van der Waals surface area contributed by atoms with Crippen LogP contribution in [0.25, 0.3) is 0 Å². The second kappa shape index (κ2) is 6.95. The standard InChI is InChI=1S/C17H27NO/c1-3-5-8-13(4-2)11-16(18)15-12-19-17-10-7-6-9-14(15)17/h6-7,9-10,13,15-16H,3-5,8,11-12,18H2,1-2H3. The molecule has 0 spiro atoms. The van der Waals surface area contributed by atoms with Crippen LogP contribution in [-0.4, -0.2) is 12.6 Å². The average Bonchev–Trinajstić information content (AvgIpc) is 2.87. The maximum Gasteiger partial charge on any atom is 0.122 e. The number of hydrogen-bond donors (Lipinski definition) is 1. The summed E-state index contributed by atoms with van der Waals surface area (Å²) < 4.78 is 5.75. The SMILES string of the molecule is CCCCC(CC)CC(N)C1COc2ccccc21. The maximum atomic E-state index is 6.46. The van der Waals surface area contributed by atoms with E-state index in [2.05, 4.69) is 32.0 Å². The zero-order valence-corrected chi connectivity index (χ0v) is 12.3. The fourth-order valence-electron chi connectivity index (χ4n) is 3.07. The van der Waals surface area contributed by atoms with Crippen molar-refractivity contribution in [3.8, 4) is 5.75 Å². The van der Waals surface area contributed by atoms with E-state index in [-0.39, 0.29) is 6.04 Å². The monoisotopic (exact) mass is 261 g/mol. The minimum absolute atomic E-state index is 0.227. The lowest BCUT2D eigenvalue weighted by atomic mass is 9.84. The van der Waals surface area contributed by atoms with Crippen molar-refractivity contribution in [1.82, 2.24) is 0 Å². The molecule has 3 atom stereocenters. The molecule has 2 N–H and O–H groups in total. The summed E-state index contributed by atoms with van der Waals surface area (Å²) in [5, 5.41) is 0. The van der Waals surface area contributed by atoms with Gasteiger partial charge in [-0.3, -0.25) is 0 Å². The van der Waals surface area contributed by atoms with Gasteiger partial charge in [0.05, 0.1) is 6.61 Å². The second-order valence-electron chi connectivity index (χ2n) is 5.77. The van der Waals surface area contributed by atoms with E-state index in [1.165, 1.54) is 31.2 Å². The Morgan fingerprint density at radius 3 is 2.84 bits per heavy atom. The lowest BCUT2D eigenvalue weighted by molar-refractivity contribution is 0.289. The van der Waals surface area contributed by atoms with Crippen LogP contribution in [0, 0.1) is 5.92 Å². The van der Waals surface area contributed by atoms with E-state index in [4.69, 9.17) is 10.5 Å². The summed E-state index contributed by atoms with van der Waals surface area (Å²) in [4.78, 5) is 0. The van der Waals surface area contributed by atoms with Gasteiger partial charge in [0.15, 0.2) is 0 Å². The fourth-order valence-corrected chi connectivity index (χ4v) is 3.07. The average molecular weight is 261 g/mol. The Kier molecular flexibility index (Phi) is 5.26. The highest BCUT2D eigenvalue weighted by atomic mass is 16.5. The molecule has 1 aromatic rings. The summed E-state index contributed by atoms with van der Waals surface area (Å²) in [5.41, 5.74) is 7.77. The molecule has 3 unspecified atom stereocenters. The minimum atomic E-state index is 0.227. The summed E-state index contributed by atoms with van der Waals surface area (Å²) >= 11 is 0. The molecule has 2 nitrogen and oxygen atoms in total. The predicted molar refractivity (Wildman–Crippen MR) is 80.6 cm³/mol. The van der Waals surface area contributed by atoms with E-state index in [1.54, 1.807) is 0 Å². The van der Waals surface area contributed by atoms with Gasteiger partial charge >= 0.3 is 0 Å². The molecule has 0 aromatic heterocycles. The minimum Gasteiger partial charge on any atom is -0.493 e. The van der Waals surface area contributed by atoms with Gasteiger partial charge < -0.3 is 10.5 Å². The molecule has 0 amide bonds. The van der Waals surface area contributed by atoms with Gasteiger partial charge in [-0.15, -0.1) is 0 Å². The Hall–Kier alpha value is -1.02. The number of unbranched alkanes of at least 4 members (excludes halogenated alkanes) is 1. The van der Waals surface area contributed by atoms with Gasteiger partial charge in [0.2, 0.25) is 0 Å². The molecule has 2 heteroatoms. The van der Waals surface area contributed by atoms with Gasteiger partial charge in [-0.25, -0.2) is 0 Å². The first-order chi connectivity index (χ1) is 9.26. The Morgan fingerprint density at radius 1 is 1.32 bits per heavy atom. The molecule has 0 saturated heterocycles. The van der Waals surface area contributed by atoms with Gasteiger partial charge in [0.25, 0.3) is 0 Å². The smallest absolute Gasteiger partial charge is 0.122 e. The van der Waals surface area contributed by atoms with Crippen molar-refractivity contribution in [2.45, 2.75) is 57.9 Å². The van der Waals surface area contributed by atoms with Crippen molar-refractivity contribution >= 4 is 0 Å². The van der Waals surface area contributed by atoms with Crippen LogP contribution in [0.5, 0.6) is 5.75 Å². The van der Waals surface area contributed by atoms with Crippen LogP contribution in [0.3, 0.4) is 0 Å². The highest BCUT2D eigenvalue weighted by Crippen LogP contribution is 2.37. The third-order valence-corrected chi connectivity index (χ3v) is 4.40. The zero-order valence-electron chi connectivity index (χ0n) is 12.3. The zero-order chi connectivity index (χ0) is 13.7. The third-order valence-electron chi connectivity index (χ3n) is 4.40. The first kappa shape index (κ1) is 14.4. The van der Waals surface area contributed by atoms with E-state index >= 15 is 0 Å². The van der Waals surface area contributed by atoms with Crippen molar-refractivity contribution in [3.05, 3.63) is 29.8 Å². The number of ether oxygens (including phenoxy) is 1. The molecule has 1 aromatic carbocycles. The Bertz CT molecular complexity index is 391. The summed E-state index contributed by atoms with van der Waals surface area (Å²) in [6, 6.07) is 8.56. The van der Waals surface area contributed by atoms with Crippen molar-refractivity contribution < 1.29 is 4.74 Å². The predicted octanol–water partition coefficient (Wildman–Crippen LogP) is 4.10. The Balaban J connectivity index is 1.95. The highest BCUT2D eigenvalue weighted by molar-refractivity contribution is 5.40. The molecule has 0 radical (unpaired) electrons. The summed E-state index contributed by atoms with van der Waals surface area (Å²) in [7, 11) is 0. The van der Waals surface area contributed by atoms with E-state index in [0.717, 1.165) is 24.7 Å². The van der Waals surface area contributed by atoms with E-state index < -0.39 is 0 Å². The molecule has 106 valence electrons. The number of para-hydroxylation sites is 1. The maximum absolute atomic E-state index is 6.46. The topological polar surface area (TPSA) is 35.2 Å². The molecule has 0 fully saturated rings. The Labute approximate surface area is 117 Å². The normalized spacial score (nSPS) is 20.7. The summed E-state index contributed by atoms with van der Waals surface area (Å²) in [6.45, 7) is 5.30. The number of rotatable bonds is 7. The molecule has 1 aliphatic heterocycles. The first-order valence-electron chi connectivity index (χ1n) is 7.73. The van der Waals surface area contributed by atoms with Crippen LogP contribution in [0.15, 0.2) is 24.3 Å². The fraction of sp³-hybridized carbons (Fsp3) is 0.647. The van der Waals surface area contributed by atoms with Crippen LogP contribution >= 0.6 is 0 Å². The number of benzene rings is 1. The van der Waals surface area contributed by atoms with Crippen LogP contribution < -0.4 is 10.5 Å². The van der Waals surface area contributed by atoms with Gasteiger partial charge in [0, 0.05) is 17.5 Å². The van der Waals surface area contributed by atoms with Crippen LogP contribution in [0.2, 0.25) is 0 Å². The molecule has 0 saturated carbocycles. The van der Waals surface area contributed by atoms with Crippen LogP contribution in [0.1, 0.15) is 57.4 Å². The van der Waals surface area contributed by atoms with Gasteiger partial charge in [0.1, 0.15) is 5.75 Å². The number of hydrogen-bond acceptors (Lipinski definition) is 2. The quantitative estimate of drug-likeness (QED) is 0.802. The number of nitrogens with two attached hydrogens (primary N) is 1. The molecular formula is C17H27NO. The lowest BCUT2D eigenvalue weighted by Crippen LogP contribution is -2.31. The van der Waals surface area contributed by atoms with E-state index in [1.807, 2.05) is 6.07 Å². The molecule has 1 aliphatic rings. The van der Waals surface area contributed by atoms with Gasteiger partial charge in [-0.05, 0) is 18.4 Å². The number of fused-ring (bicyclic) bond motifs is 1. The third kappa shape index (κ3) is 3.50. The van der Waals surface area contributed by atoms with Crippen molar-refractivity contribution in [1.29, 1.82) is 0 Å².